The van der Waals surface area contributed by atoms with Gasteiger partial charge in [0, 0.05) is 23.3 Å². The topological polar surface area (TPSA) is 49.9 Å². The van der Waals surface area contributed by atoms with Gasteiger partial charge in [-0.3, -0.25) is 9.59 Å². The van der Waals surface area contributed by atoms with Crippen LogP contribution in [0, 0.1) is 0 Å². The molecule has 0 atom stereocenters. The van der Waals surface area contributed by atoms with Gasteiger partial charge in [0.15, 0.2) is 5.78 Å². The average molecular weight is 503 g/mol. The maximum absolute atomic E-state index is 13.5. The molecule has 0 N–H and O–H groups in total. The van der Waals surface area contributed by atoms with Crippen molar-refractivity contribution in [3.63, 3.8) is 0 Å². The lowest BCUT2D eigenvalue weighted by atomic mass is 9.93. The molecule has 0 radical (unpaired) electrons. The first-order chi connectivity index (χ1) is 17.0. The van der Waals surface area contributed by atoms with E-state index in [1.807, 2.05) is 104 Å². The molecule has 4 rings (SSSR count). The van der Waals surface area contributed by atoms with E-state index in [9.17, 15) is 9.59 Å². The molecule has 0 aliphatic carbocycles. The Bertz CT molecular complexity index is 1180. The van der Waals surface area contributed by atoms with E-state index in [4.69, 9.17) is 4.74 Å². The second-order valence-electron chi connectivity index (χ2n) is 8.83. The largest absolute Gasteiger partial charge is 0.492 e. The zero-order valence-electron chi connectivity index (χ0n) is 20.6. The second-order valence-corrected chi connectivity index (χ2v) is 8.83. The van der Waals surface area contributed by atoms with Crippen LogP contribution in [0.5, 0.6) is 5.75 Å². The van der Waals surface area contributed by atoms with Gasteiger partial charge in [-0.15, -0.1) is 12.4 Å². The first-order valence-electron chi connectivity index (χ1n) is 11.7. The number of rotatable bonds is 7. The predicted molar refractivity (Wildman–Crippen MR) is 147 cm³/mol. The van der Waals surface area contributed by atoms with Crippen molar-refractivity contribution < 1.29 is 14.3 Å². The molecule has 3 aromatic carbocycles. The van der Waals surface area contributed by atoms with E-state index in [0.29, 0.717) is 29.1 Å². The first-order valence-corrected chi connectivity index (χ1v) is 11.7. The number of benzene rings is 3. The molecular formula is C30H31ClN2O3. The molecule has 1 aliphatic rings. The maximum Gasteiger partial charge on any atom is 0.254 e. The van der Waals surface area contributed by atoms with Gasteiger partial charge < -0.3 is 14.5 Å². The Morgan fingerprint density at radius 3 is 1.94 bits per heavy atom. The van der Waals surface area contributed by atoms with Crippen molar-refractivity contribution in [1.82, 2.24) is 9.80 Å². The molecule has 0 saturated carbocycles. The fourth-order valence-electron chi connectivity index (χ4n) is 3.93. The molecule has 1 amide bonds. The van der Waals surface area contributed by atoms with Crippen LogP contribution in [0.3, 0.4) is 0 Å². The summed E-state index contributed by atoms with van der Waals surface area (Å²) in [6.45, 7) is 1.83. The molecule has 0 spiro atoms. The Morgan fingerprint density at radius 2 is 1.42 bits per heavy atom. The van der Waals surface area contributed by atoms with Crippen molar-refractivity contribution in [2.45, 2.75) is 0 Å². The minimum Gasteiger partial charge on any atom is -0.492 e. The number of likely N-dealkylation sites (N-methyl/N-ethyl adjacent to an activating group) is 1. The molecule has 0 bridgehead atoms. The van der Waals surface area contributed by atoms with Gasteiger partial charge in [-0.2, -0.15) is 0 Å². The second kappa shape index (κ2) is 12.9. The molecule has 186 valence electrons. The number of Topliss-reactive ketones (excluding diaryl/α,β-unsaturated/α-hetero) is 1. The minimum absolute atomic E-state index is 0. The van der Waals surface area contributed by atoms with Crippen molar-refractivity contribution in [2.24, 2.45) is 0 Å². The highest BCUT2D eigenvalue weighted by molar-refractivity contribution is 6.15. The molecule has 0 aromatic heterocycles. The fourth-order valence-corrected chi connectivity index (χ4v) is 3.93. The van der Waals surface area contributed by atoms with Gasteiger partial charge >= 0.3 is 0 Å². The third-order valence-corrected chi connectivity index (χ3v) is 5.76. The normalized spacial score (nSPS) is 15.8. The number of likely N-dealkylation sites (tertiary alicyclic amines) is 1. The smallest absolute Gasteiger partial charge is 0.254 e. The molecule has 1 heterocycles. The van der Waals surface area contributed by atoms with Crippen LogP contribution in [-0.4, -0.2) is 61.8 Å². The number of ether oxygens (including phenoxy) is 1. The van der Waals surface area contributed by atoms with E-state index in [2.05, 4.69) is 0 Å². The lowest BCUT2D eigenvalue weighted by molar-refractivity contribution is -0.113. The maximum atomic E-state index is 13.5. The number of halogens is 1. The minimum atomic E-state index is -0.131. The summed E-state index contributed by atoms with van der Waals surface area (Å²) < 4.78 is 5.82. The van der Waals surface area contributed by atoms with E-state index < -0.39 is 0 Å². The zero-order chi connectivity index (χ0) is 24.6. The summed E-state index contributed by atoms with van der Waals surface area (Å²) in [5.74, 6) is 0.502. The summed E-state index contributed by atoms with van der Waals surface area (Å²) in [6.07, 6.45) is 3.75. The van der Waals surface area contributed by atoms with Gasteiger partial charge in [0.05, 0.1) is 13.1 Å². The Kier molecular flexibility index (Phi) is 9.62. The standard InChI is InChI=1S/C30H30N2O3.ClH/c1-31(2)16-17-35-28-15-9-14-25(20-28)30(34)32-21-26(18-23-10-5-3-6-11-23)29(33)27(22-32)19-24-12-7-4-8-13-24;/h3-15,18-20H,16-17,21-22H2,1-2H3;1H/b26-18+,27-19+;. The molecule has 3 aromatic rings. The summed E-state index contributed by atoms with van der Waals surface area (Å²) >= 11 is 0. The van der Waals surface area contributed by atoms with Crippen LogP contribution in [0.15, 0.2) is 96.1 Å². The summed E-state index contributed by atoms with van der Waals surface area (Å²) in [4.78, 5) is 30.7. The third-order valence-electron chi connectivity index (χ3n) is 5.76. The van der Waals surface area contributed by atoms with Crippen molar-refractivity contribution in [1.29, 1.82) is 0 Å². The van der Waals surface area contributed by atoms with Gasteiger partial charge in [0.25, 0.3) is 5.91 Å². The van der Waals surface area contributed by atoms with Crippen molar-refractivity contribution >= 4 is 36.2 Å². The summed E-state index contributed by atoms with van der Waals surface area (Å²) in [5, 5.41) is 0. The molecule has 1 saturated heterocycles. The van der Waals surface area contributed by atoms with Crippen LogP contribution < -0.4 is 4.74 Å². The molecule has 1 fully saturated rings. The first kappa shape index (κ1) is 26.9. The Morgan fingerprint density at radius 1 is 0.861 bits per heavy atom. The van der Waals surface area contributed by atoms with E-state index in [1.165, 1.54) is 0 Å². The van der Waals surface area contributed by atoms with Gasteiger partial charge in [-0.1, -0.05) is 66.7 Å². The molecule has 5 nitrogen and oxygen atoms in total. The van der Waals surface area contributed by atoms with Crippen LogP contribution in [0.4, 0.5) is 0 Å². The highest BCUT2D eigenvalue weighted by Gasteiger charge is 2.29. The Labute approximate surface area is 219 Å². The quantitative estimate of drug-likeness (QED) is 0.414. The molecule has 0 unspecified atom stereocenters. The van der Waals surface area contributed by atoms with E-state index in [0.717, 1.165) is 17.7 Å². The third kappa shape index (κ3) is 7.17. The van der Waals surface area contributed by atoms with Gasteiger partial charge in [-0.25, -0.2) is 0 Å². The van der Waals surface area contributed by atoms with Crippen molar-refractivity contribution in [2.75, 3.05) is 40.3 Å². The summed E-state index contributed by atoms with van der Waals surface area (Å²) in [7, 11) is 3.98. The molecular weight excluding hydrogens is 472 g/mol. The zero-order valence-corrected chi connectivity index (χ0v) is 21.4. The number of hydrogen-bond donors (Lipinski definition) is 0. The van der Waals surface area contributed by atoms with Crippen LogP contribution in [-0.2, 0) is 4.79 Å². The van der Waals surface area contributed by atoms with Crippen LogP contribution in [0.25, 0.3) is 12.2 Å². The number of ketones is 1. The number of carbonyl (C=O) groups is 2. The van der Waals surface area contributed by atoms with E-state index >= 15 is 0 Å². The van der Waals surface area contributed by atoms with Gasteiger partial charge in [0.2, 0.25) is 0 Å². The van der Waals surface area contributed by atoms with Gasteiger partial charge in [-0.05, 0) is 55.6 Å². The SMILES string of the molecule is CN(C)CCOc1cccc(C(=O)N2C/C(=C\c3ccccc3)C(=O)/C(=C/c3ccccc3)C2)c1.Cl. The molecule has 36 heavy (non-hydrogen) atoms. The number of amides is 1. The number of nitrogens with zero attached hydrogens (tertiary/aromatic N) is 2. The summed E-state index contributed by atoms with van der Waals surface area (Å²) in [6, 6.07) is 26.7. The van der Waals surface area contributed by atoms with Crippen molar-refractivity contribution in [3.05, 3.63) is 113 Å². The van der Waals surface area contributed by atoms with E-state index in [1.54, 1.807) is 17.0 Å². The van der Waals surface area contributed by atoms with Crippen LogP contribution in [0.2, 0.25) is 0 Å². The Balaban J connectivity index is 0.00000361. The van der Waals surface area contributed by atoms with Gasteiger partial charge in [0.1, 0.15) is 12.4 Å². The van der Waals surface area contributed by atoms with Crippen molar-refractivity contribution in [3.8, 4) is 5.75 Å². The monoisotopic (exact) mass is 502 g/mol. The highest BCUT2D eigenvalue weighted by Crippen LogP contribution is 2.24. The fraction of sp³-hybridized carbons (Fsp3) is 0.200. The molecule has 6 heteroatoms. The number of carbonyl (C=O) groups excluding carboxylic acids is 2. The average Bonchev–Trinajstić information content (AvgIpc) is 2.87. The Hall–Kier alpha value is -3.67. The predicted octanol–water partition coefficient (Wildman–Crippen LogP) is 5.24. The van der Waals surface area contributed by atoms with E-state index in [-0.39, 0.29) is 37.2 Å². The van der Waals surface area contributed by atoms with Crippen LogP contribution >= 0.6 is 12.4 Å². The van der Waals surface area contributed by atoms with Crippen LogP contribution in [0.1, 0.15) is 21.5 Å². The lowest BCUT2D eigenvalue weighted by Crippen LogP contribution is -2.41. The number of piperidine rings is 1. The summed E-state index contributed by atoms with van der Waals surface area (Å²) in [5.41, 5.74) is 3.59. The lowest BCUT2D eigenvalue weighted by Gasteiger charge is -2.30. The number of hydrogen-bond acceptors (Lipinski definition) is 4. The highest BCUT2D eigenvalue weighted by atomic mass is 35.5. The molecule has 1 aliphatic heterocycles.